The molecule has 0 N–H and O–H groups in total. The number of rotatable bonds is 6. The summed E-state index contributed by atoms with van der Waals surface area (Å²) in [5, 5.41) is 0. The highest BCUT2D eigenvalue weighted by Gasteiger charge is 2.21. The Morgan fingerprint density at radius 2 is 2.00 bits per heavy atom. The van der Waals surface area contributed by atoms with E-state index in [0.29, 0.717) is 17.9 Å². The van der Waals surface area contributed by atoms with Gasteiger partial charge < -0.3 is 9.15 Å². The average Bonchev–Trinajstić information content (AvgIpc) is 3.16. The fraction of sp³-hybridized carbons (Fsp3) is 0.500. The van der Waals surface area contributed by atoms with Crippen LogP contribution in [0.25, 0.3) is 11.5 Å². The molecule has 24 heavy (non-hydrogen) atoms. The third-order valence-corrected chi connectivity index (χ3v) is 4.31. The first-order valence-corrected chi connectivity index (χ1v) is 8.32. The Hall–Kier alpha value is -1.79. The predicted molar refractivity (Wildman–Crippen MR) is 86.5 cm³/mol. The summed E-state index contributed by atoms with van der Waals surface area (Å²) in [7, 11) is 0. The standard InChI is InChI=1S/C18H22F2N2O2/c1-3-22(10-16-5-4-6-23-16)11-17-12(2)24-18(21-17)13-7-14(19)9-15(20)8-13/h7-9,16H,3-6,10-11H2,1-2H3/t16-/m0/s1. The topological polar surface area (TPSA) is 38.5 Å². The molecule has 1 fully saturated rings. The molecular weight excluding hydrogens is 314 g/mol. The van der Waals surface area contributed by atoms with E-state index in [2.05, 4.69) is 16.8 Å². The fourth-order valence-corrected chi connectivity index (χ4v) is 2.97. The molecule has 0 bridgehead atoms. The molecule has 1 aromatic heterocycles. The minimum Gasteiger partial charge on any atom is -0.441 e. The van der Waals surface area contributed by atoms with E-state index in [4.69, 9.17) is 9.15 Å². The highest BCUT2D eigenvalue weighted by molar-refractivity contribution is 5.53. The van der Waals surface area contributed by atoms with Crippen LogP contribution in [0.3, 0.4) is 0 Å². The summed E-state index contributed by atoms with van der Waals surface area (Å²) in [5.41, 5.74) is 1.10. The Morgan fingerprint density at radius 3 is 2.62 bits per heavy atom. The van der Waals surface area contributed by atoms with Gasteiger partial charge in [0.25, 0.3) is 0 Å². The monoisotopic (exact) mass is 336 g/mol. The van der Waals surface area contributed by atoms with E-state index >= 15 is 0 Å². The highest BCUT2D eigenvalue weighted by atomic mass is 19.1. The number of hydrogen-bond donors (Lipinski definition) is 0. The summed E-state index contributed by atoms with van der Waals surface area (Å²) in [4.78, 5) is 6.69. The number of likely N-dealkylation sites (N-methyl/N-ethyl adjacent to an activating group) is 1. The molecule has 0 radical (unpaired) electrons. The molecule has 1 atom stereocenters. The zero-order valence-corrected chi connectivity index (χ0v) is 14.0. The van der Waals surface area contributed by atoms with Crippen molar-refractivity contribution in [2.24, 2.45) is 0 Å². The van der Waals surface area contributed by atoms with Crippen molar-refractivity contribution in [3.8, 4) is 11.5 Å². The molecule has 0 amide bonds. The molecule has 4 nitrogen and oxygen atoms in total. The second-order valence-electron chi connectivity index (χ2n) is 6.14. The summed E-state index contributed by atoms with van der Waals surface area (Å²) in [6, 6.07) is 3.28. The molecule has 130 valence electrons. The van der Waals surface area contributed by atoms with E-state index in [0.717, 1.165) is 44.3 Å². The van der Waals surface area contributed by atoms with Crippen molar-refractivity contribution in [1.82, 2.24) is 9.88 Å². The molecular formula is C18H22F2N2O2. The zero-order valence-electron chi connectivity index (χ0n) is 14.0. The van der Waals surface area contributed by atoms with E-state index in [-0.39, 0.29) is 12.0 Å². The number of hydrogen-bond acceptors (Lipinski definition) is 4. The van der Waals surface area contributed by atoms with Crippen LogP contribution in [0, 0.1) is 18.6 Å². The Kier molecular flexibility index (Phi) is 5.26. The van der Waals surface area contributed by atoms with Gasteiger partial charge in [-0.3, -0.25) is 4.90 Å². The minimum absolute atomic E-state index is 0.245. The minimum atomic E-state index is -0.643. The van der Waals surface area contributed by atoms with Crippen molar-refractivity contribution in [2.45, 2.75) is 39.3 Å². The van der Waals surface area contributed by atoms with Gasteiger partial charge in [-0.15, -0.1) is 0 Å². The maximum absolute atomic E-state index is 13.4. The van der Waals surface area contributed by atoms with Gasteiger partial charge in [-0.25, -0.2) is 13.8 Å². The van der Waals surface area contributed by atoms with Crippen molar-refractivity contribution in [3.05, 3.63) is 41.3 Å². The first-order chi connectivity index (χ1) is 11.5. The zero-order chi connectivity index (χ0) is 17.1. The van der Waals surface area contributed by atoms with Gasteiger partial charge in [0.05, 0.1) is 11.8 Å². The van der Waals surface area contributed by atoms with Crippen LogP contribution in [0.5, 0.6) is 0 Å². The third kappa shape index (κ3) is 3.99. The van der Waals surface area contributed by atoms with Crippen molar-refractivity contribution in [2.75, 3.05) is 19.7 Å². The lowest BCUT2D eigenvalue weighted by Gasteiger charge is -2.22. The van der Waals surface area contributed by atoms with Crippen LogP contribution < -0.4 is 0 Å². The normalized spacial score (nSPS) is 17.8. The SMILES string of the molecule is CCN(Cc1nc(-c2cc(F)cc(F)c2)oc1C)C[C@@H]1CCCO1. The molecule has 1 aliphatic rings. The quantitative estimate of drug-likeness (QED) is 0.801. The molecule has 0 unspecified atom stereocenters. The van der Waals surface area contributed by atoms with E-state index in [1.165, 1.54) is 12.1 Å². The lowest BCUT2D eigenvalue weighted by molar-refractivity contribution is 0.0720. The number of aromatic nitrogens is 1. The second kappa shape index (κ2) is 7.40. The smallest absolute Gasteiger partial charge is 0.226 e. The lowest BCUT2D eigenvalue weighted by Crippen LogP contribution is -2.31. The maximum atomic E-state index is 13.4. The van der Waals surface area contributed by atoms with Crippen LogP contribution in [0.15, 0.2) is 22.6 Å². The average molecular weight is 336 g/mol. The van der Waals surface area contributed by atoms with Gasteiger partial charge in [-0.1, -0.05) is 6.92 Å². The molecule has 0 spiro atoms. The first kappa shape index (κ1) is 17.0. The Morgan fingerprint density at radius 1 is 1.25 bits per heavy atom. The van der Waals surface area contributed by atoms with E-state index in [1.807, 2.05) is 6.92 Å². The maximum Gasteiger partial charge on any atom is 0.226 e. The summed E-state index contributed by atoms with van der Waals surface area (Å²) >= 11 is 0. The van der Waals surface area contributed by atoms with E-state index in [9.17, 15) is 8.78 Å². The van der Waals surface area contributed by atoms with Crippen LogP contribution in [0.4, 0.5) is 8.78 Å². The third-order valence-electron chi connectivity index (χ3n) is 4.31. The van der Waals surface area contributed by atoms with Crippen LogP contribution in [0.1, 0.15) is 31.2 Å². The molecule has 1 aromatic carbocycles. The Labute approximate surface area is 140 Å². The molecule has 6 heteroatoms. The number of nitrogens with zero attached hydrogens (tertiary/aromatic N) is 2. The van der Waals surface area contributed by atoms with Crippen molar-refractivity contribution >= 4 is 0 Å². The van der Waals surface area contributed by atoms with Crippen LogP contribution in [-0.4, -0.2) is 35.7 Å². The second-order valence-corrected chi connectivity index (χ2v) is 6.14. The van der Waals surface area contributed by atoms with Crippen LogP contribution in [-0.2, 0) is 11.3 Å². The summed E-state index contributed by atoms with van der Waals surface area (Å²) in [5.74, 6) is -0.374. The van der Waals surface area contributed by atoms with Gasteiger partial charge >= 0.3 is 0 Å². The number of halogens is 2. The van der Waals surface area contributed by atoms with Crippen LogP contribution >= 0.6 is 0 Å². The lowest BCUT2D eigenvalue weighted by atomic mass is 10.2. The summed E-state index contributed by atoms with van der Waals surface area (Å²) in [6.45, 7) is 7.10. The van der Waals surface area contributed by atoms with E-state index in [1.54, 1.807) is 0 Å². The summed E-state index contributed by atoms with van der Waals surface area (Å²) in [6.07, 6.45) is 2.47. The van der Waals surface area contributed by atoms with Gasteiger partial charge in [0, 0.05) is 31.3 Å². The fourth-order valence-electron chi connectivity index (χ4n) is 2.97. The van der Waals surface area contributed by atoms with Crippen molar-refractivity contribution < 1.29 is 17.9 Å². The highest BCUT2D eigenvalue weighted by Crippen LogP contribution is 2.24. The number of benzene rings is 1. The molecule has 0 saturated carbocycles. The van der Waals surface area contributed by atoms with E-state index < -0.39 is 11.6 Å². The molecule has 1 aliphatic heterocycles. The number of ether oxygens (including phenoxy) is 1. The molecule has 1 saturated heterocycles. The van der Waals surface area contributed by atoms with Gasteiger partial charge in [0.15, 0.2) is 0 Å². The largest absolute Gasteiger partial charge is 0.441 e. The van der Waals surface area contributed by atoms with Gasteiger partial charge in [0.2, 0.25) is 5.89 Å². The van der Waals surface area contributed by atoms with Gasteiger partial charge in [-0.05, 0) is 38.4 Å². The Bertz CT molecular complexity index is 676. The molecule has 2 heterocycles. The molecule has 3 rings (SSSR count). The van der Waals surface area contributed by atoms with Crippen molar-refractivity contribution in [1.29, 1.82) is 0 Å². The first-order valence-electron chi connectivity index (χ1n) is 8.32. The van der Waals surface area contributed by atoms with Crippen molar-refractivity contribution in [3.63, 3.8) is 0 Å². The number of aryl methyl sites for hydroxylation is 1. The van der Waals surface area contributed by atoms with Gasteiger partial charge in [0.1, 0.15) is 17.4 Å². The number of oxazole rings is 1. The van der Waals surface area contributed by atoms with Gasteiger partial charge in [-0.2, -0.15) is 0 Å². The van der Waals surface area contributed by atoms with Crippen LogP contribution in [0.2, 0.25) is 0 Å². The molecule has 2 aromatic rings. The predicted octanol–water partition coefficient (Wildman–Crippen LogP) is 3.93. The summed E-state index contributed by atoms with van der Waals surface area (Å²) < 4.78 is 38.1. The molecule has 0 aliphatic carbocycles. The Balaban J connectivity index is 1.75.